The van der Waals surface area contributed by atoms with Crippen molar-refractivity contribution in [3.05, 3.63) is 35.9 Å². The molecule has 1 saturated heterocycles. The van der Waals surface area contributed by atoms with Gasteiger partial charge in [-0.1, -0.05) is 30.3 Å². The first kappa shape index (κ1) is 25.0. The molecule has 182 valence electrons. The van der Waals surface area contributed by atoms with E-state index in [4.69, 9.17) is 9.47 Å². The van der Waals surface area contributed by atoms with Gasteiger partial charge in [0.15, 0.2) is 0 Å². The minimum absolute atomic E-state index is 0.0171. The third kappa shape index (κ3) is 6.05. The highest BCUT2D eigenvalue weighted by Gasteiger charge is 2.46. The van der Waals surface area contributed by atoms with Crippen molar-refractivity contribution in [1.82, 2.24) is 15.1 Å². The number of hydrogen-bond acceptors (Lipinski definition) is 6. The Labute approximate surface area is 196 Å². The summed E-state index contributed by atoms with van der Waals surface area (Å²) in [7, 11) is 3.48. The predicted molar refractivity (Wildman–Crippen MR) is 124 cm³/mol. The van der Waals surface area contributed by atoms with E-state index >= 15 is 0 Å². The summed E-state index contributed by atoms with van der Waals surface area (Å²) < 4.78 is 10.4. The highest BCUT2D eigenvalue weighted by Crippen LogP contribution is 2.36. The molecule has 33 heavy (non-hydrogen) atoms. The lowest BCUT2D eigenvalue weighted by Gasteiger charge is -2.46. The molecule has 1 aromatic carbocycles. The number of methoxy groups -OCH3 is 1. The fourth-order valence-electron chi connectivity index (χ4n) is 4.88. The number of amides is 2. The van der Waals surface area contributed by atoms with Crippen LogP contribution in [0.25, 0.3) is 0 Å². The molecule has 1 heterocycles. The zero-order chi connectivity index (χ0) is 24.2. The lowest BCUT2D eigenvalue weighted by atomic mass is 9.79. The van der Waals surface area contributed by atoms with E-state index in [9.17, 15) is 14.4 Å². The lowest BCUT2D eigenvalue weighted by molar-refractivity contribution is -0.152. The molecule has 1 N–H and O–H groups in total. The van der Waals surface area contributed by atoms with Crippen LogP contribution >= 0.6 is 0 Å². The van der Waals surface area contributed by atoms with Crippen LogP contribution in [0.3, 0.4) is 0 Å². The molecule has 2 amide bonds. The van der Waals surface area contributed by atoms with Crippen LogP contribution in [0.15, 0.2) is 30.3 Å². The number of esters is 1. The molecule has 8 nitrogen and oxygen atoms in total. The normalized spacial score (nSPS) is 25.8. The van der Waals surface area contributed by atoms with Gasteiger partial charge < -0.3 is 19.7 Å². The fourth-order valence-corrected chi connectivity index (χ4v) is 4.88. The van der Waals surface area contributed by atoms with E-state index < -0.39 is 12.1 Å². The molecule has 1 saturated carbocycles. The predicted octanol–water partition coefficient (Wildman–Crippen LogP) is 2.95. The molecule has 1 aliphatic heterocycles. The van der Waals surface area contributed by atoms with Gasteiger partial charge in [-0.15, -0.1) is 0 Å². The third-order valence-corrected chi connectivity index (χ3v) is 7.04. The quantitative estimate of drug-likeness (QED) is 0.658. The molecule has 8 heteroatoms. The fraction of sp³-hybridized carbons (Fsp3) is 0.640. The standard InChI is InChI=1S/C25H37N3O5/c1-25(2,3)27(4)18-11-12-21(19(15-18)23(30)32-5)28-14-13-20(22(28)29)26-24(31)33-16-17-9-7-6-8-10-17/h6-10,18-21H,11-16H2,1-5H3,(H,26,31)/t18-,19-,20?,21+/m1/s1. The van der Waals surface area contributed by atoms with Crippen LogP contribution in [-0.4, -0.2) is 72.1 Å². The minimum Gasteiger partial charge on any atom is -0.469 e. The number of rotatable bonds is 6. The maximum Gasteiger partial charge on any atom is 0.408 e. The summed E-state index contributed by atoms with van der Waals surface area (Å²) in [5, 5.41) is 2.70. The monoisotopic (exact) mass is 459 g/mol. The van der Waals surface area contributed by atoms with Gasteiger partial charge in [0.05, 0.1) is 13.0 Å². The van der Waals surface area contributed by atoms with E-state index in [1.165, 1.54) is 7.11 Å². The molecule has 0 radical (unpaired) electrons. The van der Waals surface area contributed by atoms with E-state index in [2.05, 4.69) is 38.0 Å². The van der Waals surface area contributed by atoms with Gasteiger partial charge in [0.25, 0.3) is 0 Å². The first-order valence-corrected chi connectivity index (χ1v) is 11.7. The average molecular weight is 460 g/mol. The first-order chi connectivity index (χ1) is 15.6. The van der Waals surface area contributed by atoms with Crippen LogP contribution in [0, 0.1) is 5.92 Å². The zero-order valence-corrected chi connectivity index (χ0v) is 20.4. The van der Waals surface area contributed by atoms with Crippen molar-refractivity contribution in [2.24, 2.45) is 5.92 Å². The number of carbonyl (C=O) groups excluding carboxylic acids is 3. The van der Waals surface area contributed by atoms with E-state index in [-0.39, 0.29) is 42.0 Å². The number of likely N-dealkylation sites (tertiary alicyclic amines) is 1. The van der Waals surface area contributed by atoms with Crippen LogP contribution in [0.1, 0.15) is 52.0 Å². The smallest absolute Gasteiger partial charge is 0.408 e. The van der Waals surface area contributed by atoms with Gasteiger partial charge in [-0.05, 0) is 59.1 Å². The van der Waals surface area contributed by atoms with E-state index in [0.717, 1.165) is 18.4 Å². The minimum atomic E-state index is -0.637. The Morgan fingerprint density at radius 2 is 1.85 bits per heavy atom. The largest absolute Gasteiger partial charge is 0.469 e. The Bertz CT molecular complexity index is 838. The van der Waals surface area contributed by atoms with Crippen LogP contribution in [0.4, 0.5) is 4.79 Å². The van der Waals surface area contributed by atoms with Crippen LogP contribution < -0.4 is 5.32 Å². The Hall–Kier alpha value is -2.61. The summed E-state index contributed by atoms with van der Waals surface area (Å²) in [6.45, 7) is 7.11. The molecule has 4 atom stereocenters. The number of nitrogens with one attached hydrogen (secondary N) is 1. The summed E-state index contributed by atoms with van der Waals surface area (Å²) in [6.07, 6.45) is 2.15. The van der Waals surface area contributed by atoms with Gasteiger partial charge in [0.1, 0.15) is 12.6 Å². The lowest BCUT2D eigenvalue weighted by Crippen LogP contribution is -2.55. The molecule has 0 bridgehead atoms. The molecular formula is C25H37N3O5. The first-order valence-electron chi connectivity index (χ1n) is 11.7. The molecule has 2 fully saturated rings. The maximum absolute atomic E-state index is 13.1. The summed E-state index contributed by atoms with van der Waals surface area (Å²) >= 11 is 0. The van der Waals surface area contributed by atoms with Crippen LogP contribution in [-0.2, 0) is 25.7 Å². The van der Waals surface area contributed by atoms with E-state index in [0.29, 0.717) is 19.4 Å². The van der Waals surface area contributed by atoms with Crippen molar-refractivity contribution in [1.29, 1.82) is 0 Å². The summed E-state index contributed by atoms with van der Waals surface area (Å²) in [5.41, 5.74) is 0.862. The van der Waals surface area contributed by atoms with Gasteiger partial charge in [-0.2, -0.15) is 0 Å². The summed E-state index contributed by atoms with van der Waals surface area (Å²) in [5.74, 6) is -0.821. The average Bonchev–Trinajstić information content (AvgIpc) is 3.16. The van der Waals surface area contributed by atoms with Crippen LogP contribution in [0.5, 0.6) is 0 Å². The number of carbonyl (C=O) groups is 3. The Morgan fingerprint density at radius 1 is 1.15 bits per heavy atom. The van der Waals surface area contributed by atoms with Crippen molar-refractivity contribution < 1.29 is 23.9 Å². The van der Waals surface area contributed by atoms with Crippen LogP contribution in [0.2, 0.25) is 0 Å². The molecular weight excluding hydrogens is 422 g/mol. The Kier molecular flexibility index (Phi) is 8.00. The SMILES string of the molecule is COC(=O)[C@@H]1C[C@H](N(C)C(C)(C)C)CC[C@@H]1N1CCC(NC(=O)OCc2ccccc2)C1=O. The van der Waals surface area contributed by atoms with Crippen molar-refractivity contribution in [3.63, 3.8) is 0 Å². The molecule has 1 unspecified atom stereocenters. The third-order valence-electron chi connectivity index (χ3n) is 7.04. The van der Waals surface area contributed by atoms with Gasteiger partial charge >= 0.3 is 12.1 Å². The molecule has 0 aromatic heterocycles. The van der Waals surface area contributed by atoms with Gasteiger partial charge in [-0.25, -0.2) is 4.79 Å². The Balaban J connectivity index is 1.60. The topological polar surface area (TPSA) is 88.2 Å². The Morgan fingerprint density at radius 3 is 2.48 bits per heavy atom. The molecule has 1 aromatic rings. The van der Waals surface area contributed by atoms with Crippen molar-refractivity contribution in [2.75, 3.05) is 20.7 Å². The van der Waals surface area contributed by atoms with Gasteiger partial charge in [0.2, 0.25) is 5.91 Å². The second-order valence-electron chi connectivity index (χ2n) is 10.0. The van der Waals surface area contributed by atoms with E-state index in [1.807, 2.05) is 30.3 Å². The summed E-state index contributed by atoms with van der Waals surface area (Å²) in [4.78, 5) is 42.1. The molecule has 0 spiro atoms. The number of alkyl carbamates (subject to hydrolysis) is 1. The van der Waals surface area contributed by atoms with Crippen molar-refractivity contribution >= 4 is 18.0 Å². The molecule has 3 rings (SSSR count). The highest BCUT2D eigenvalue weighted by atomic mass is 16.5. The van der Waals surface area contributed by atoms with Crippen molar-refractivity contribution in [2.45, 2.75) is 76.7 Å². The van der Waals surface area contributed by atoms with Gasteiger partial charge in [-0.3, -0.25) is 14.5 Å². The van der Waals surface area contributed by atoms with Crippen molar-refractivity contribution in [3.8, 4) is 0 Å². The number of ether oxygens (including phenoxy) is 2. The number of nitrogens with zero attached hydrogens (tertiary/aromatic N) is 2. The van der Waals surface area contributed by atoms with Gasteiger partial charge in [0, 0.05) is 24.2 Å². The molecule has 1 aliphatic carbocycles. The highest BCUT2D eigenvalue weighted by molar-refractivity contribution is 5.88. The zero-order valence-electron chi connectivity index (χ0n) is 20.4. The molecule has 2 aliphatic rings. The van der Waals surface area contributed by atoms with E-state index in [1.54, 1.807) is 4.90 Å². The number of hydrogen-bond donors (Lipinski definition) is 1. The number of benzene rings is 1. The second kappa shape index (κ2) is 10.5. The second-order valence-corrected chi connectivity index (χ2v) is 10.0. The maximum atomic E-state index is 13.1. The summed E-state index contributed by atoms with van der Waals surface area (Å²) in [6, 6.07) is 8.77.